The molecule has 7 nitrogen and oxygen atoms in total. The van der Waals surface area contributed by atoms with Gasteiger partial charge in [0.05, 0.1) is 18.1 Å². The zero-order valence-electron chi connectivity index (χ0n) is 11.2. The zero-order valence-corrected chi connectivity index (χ0v) is 12.8. The highest BCUT2D eigenvalue weighted by atomic mass is 32.2. The molecule has 2 aliphatic rings. The van der Waals surface area contributed by atoms with Gasteiger partial charge in [0.2, 0.25) is 15.9 Å². The van der Waals surface area contributed by atoms with Gasteiger partial charge in [-0.25, -0.2) is 17.5 Å². The fourth-order valence-corrected chi connectivity index (χ4v) is 4.61. The number of carbonyl (C=O) groups is 2. The standard InChI is InChI=1S/C11H18N2O5S2/c1-20(17,18)12-4-2-3-8(5-12)10(14)13-7-19-6-9(13)11(15)16/h8-9H,2-7H2,1H3,(H,15,16). The summed E-state index contributed by atoms with van der Waals surface area (Å²) in [6, 6.07) is -0.791. The molecule has 0 saturated carbocycles. The fourth-order valence-electron chi connectivity index (χ4n) is 2.54. The van der Waals surface area contributed by atoms with Crippen LogP contribution in [0.25, 0.3) is 0 Å². The van der Waals surface area contributed by atoms with Crippen LogP contribution in [0.1, 0.15) is 12.8 Å². The van der Waals surface area contributed by atoms with Gasteiger partial charge in [0, 0.05) is 18.8 Å². The lowest BCUT2D eigenvalue weighted by atomic mass is 9.97. The minimum atomic E-state index is -3.30. The van der Waals surface area contributed by atoms with Gasteiger partial charge in [-0.1, -0.05) is 0 Å². The largest absolute Gasteiger partial charge is 0.480 e. The molecule has 1 amide bonds. The van der Waals surface area contributed by atoms with E-state index in [0.717, 1.165) is 6.26 Å². The van der Waals surface area contributed by atoms with E-state index < -0.39 is 28.0 Å². The van der Waals surface area contributed by atoms with Crippen molar-refractivity contribution in [1.29, 1.82) is 0 Å². The van der Waals surface area contributed by atoms with Crippen molar-refractivity contribution < 1.29 is 23.1 Å². The second-order valence-corrected chi connectivity index (χ2v) is 8.10. The van der Waals surface area contributed by atoms with E-state index in [4.69, 9.17) is 5.11 Å². The lowest BCUT2D eigenvalue weighted by molar-refractivity contribution is -0.150. The molecule has 2 fully saturated rings. The first-order valence-electron chi connectivity index (χ1n) is 6.37. The van der Waals surface area contributed by atoms with Crippen molar-refractivity contribution in [3.05, 3.63) is 0 Å². The number of piperidine rings is 1. The molecule has 2 saturated heterocycles. The predicted octanol–water partition coefficient (Wildman–Crippen LogP) is -0.356. The topological polar surface area (TPSA) is 95.0 Å². The summed E-state index contributed by atoms with van der Waals surface area (Å²) in [5.41, 5.74) is 0. The van der Waals surface area contributed by atoms with Crippen LogP contribution in [0.4, 0.5) is 0 Å². The third-order valence-corrected chi connectivity index (χ3v) is 5.93. The summed E-state index contributed by atoms with van der Waals surface area (Å²) in [6.45, 7) is 0.588. The monoisotopic (exact) mass is 322 g/mol. The van der Waals surface area contributed by atoms with Crippen LogP contribution in [0.5, 0.6) is 0 Å². The van der Waals surface area contributed by atoms with Crippen molar-refractivity contribution in [2.45, 2.75) is 18.9 Å². The average molecular weight is 322 g/mol. The van der Waals surface area contributed by atoms with Gasteiger partial charge in [-0.3, -0.25) is 4.79 Å². The number of rotatable bonds is 3. The summed E-state index contributed by atoms with van der Waals surface area (Å²) in [5, 5.41) is 9.10. The number of carbonyl (C=O) groups excluding carboxylic acids is 1. The van der Waals surface area contributed by atoms with E-state index in [-0.39, 0.29) is 12.5 Å². The van der Waals surface area contributed by atoms with Gasteiger partial charge in [0.25, 0.3) is 0 Å². The molecular formula is C11H18N2O5S2. The molecule has 2 rings (SSSR count). The maximum Gasteiger partial charge on any atom is 0.327 e. The molecular weight excluding hydrogens is 304 g/mol. The Labute approximate surface area is 122 Å². The van der Waals surface area contributed by atoms with Gasteiger partial charge in [-0.2, -0.15) is 0 Å². The predicted molar refractivity (Wildman–Crippen MR) is 74.7 cm³/mol. The number of amides is 1. The first-order chi connectivity index (χ1) is 9.30. The van der Waals surface area contributed by atoms with Gasteiger partial charge in [-0.15, -0.1) is 11.8 Å². The number of sulfonamides is 1. The molecule has 2 unspecified atom stereocenters. The molecule has 0 aromatic rings. The van der Waals surface area contributed by atoms with Crippen molar-refractivity contribution in [1.82, 2.24) is 9.21 Å². The third-order valence-electron chi connectivity index (χ3n) is 3.65. The molecule has 0 aliphatic carbocycles. The Bertz CT molecular complexity index is 507. The van der Waals surface area contributed by atoms with Gasteiger partial charge >= 0.3 is 5.97 Å². The molecule has 114 valence electrons. The molecule has 0 bridgehead atoms. The van der Waals surface area contributed by atoms with E-state index >= 15 is 0 Å². The van der Waals surface area contributed by atoms with Gasteiger partial charge in [0.1, 0.15) is 6.04 Å². The molecule has 0 spiro atoms. The Morgan fingerprint density at radius 2 is 2.05 bits per heavy atom. The number of carboxylic acid groups (broad SMARTS) is 1. The van der Waals surface area contributed by atoms with Crippen LogP contribution >= 0.6 is 11.8 Å². The summed E-state index contributed by atoms with van der Waals surface area (Å²) < 4.78 is 24.4. The lowest BCUT2D eigenvalue weighted by Crippen LogP contribution is -2.49. The maximum absolute atomic E-state index is 12.4. The minimum absolute atomic E-state index is 0.158. The van der Waals surface area contributed by atoms with Gasteiger partial charge < -0.3 is 10.0 Å². The smallest absolute Gasteiger partial charge is 0.327 e. The van der Waals surface area contributed by atoms with E-state index in [0.29, 0.717) is 31.0 Å². The average Bonchev–Trinajstić information content (AvgIpc) is 2.86. The summed E-state index contributed by atoms with van der Waals surface area (Å²) >= 11 is 1.41. The number of thioether (sulfide) groups is 1. The SMILES string of the molecule is CS(=O)(=O)N1CCCC(C(=O)N2CSCC2C(=O)O)C1. The van der Waals surface area contributed by atoms with Gasteiger partial charge in [-0.05, 0) is 12.8 Å². The Morgan fingerprint density at radius 1 is 1.35 bits per heavy atom. The fraction of sp³-hybridized carbons (Fsp3) is 0.818. The quantitative estimate of drug-likeness (QED) is 0.763. The van der Waals surface area contributed by atoms with Crippen LogP contribution in [0, 0.1) is 5.92 Å². The second-order valence-electron chi connectivity index (χ2n) is 5.12. The number of hydrogen-bond acceptors (Lipinski definition) is 5. The van der Waals surface area contributed by atoms with Gasteiger partial charge in [0.15, 0.2) is 0 Å². The van der Waals surface area contributed by atoms with Crippen molar-refractivity contribution in [3.8, 4) is 0 Å². The number of nitrogens with zero attached hydrogens (tertiary/aromatic N) is 2. The Kier molecular flexibility index (Phi) is 4.60. The maximum atomic E-state index is 12.4. The highest BCUT2D eigenvalue weighted by Gasteiger charge is 2.39. The van der Waals surface area contributed by atoms with Crippen molar-refractivity contribution in [3.63, 3.8) is 0 Å². The minimum Gasteiger partial charge on any atom is -0.480 e. The molecule has 20 heavy (non-hydrogen) atoms. The van der Waals surface area contributed by atoms with Crippen molar-refractivity contribution >= 4 is 33.7 Å². The molecule has 0 aromatic carbocycles. The lowest BCUT2D eigenvalue weighted by Gasteiger charge is -2.33. The first-order valence-corrected chi connectivity index (χ1v) is 9.37. The van der Waals surface area contributed by atoms with Crippen LogP contribution in [0.2, 0.25) is 0 Å². The normalized spacial score (nSPS) is 28.6. The molecule has 2 heterocycles. The van der Waals surface area contributed by atoms with E-state index in [1.807, 2.05) is 0 Å². The molecule has 1 N–H and O–H groups in total. The highest BCUT2D eigenvalue weighted by Crippen LogP contribution is 2.27. The van der Waals surface area contributed by atoms with Crippen LogP contribution < -0.4 is 0 Å². The van der Waals surface area contributed by atoms with E-state index in [2.05, 4.69) is 0 Å². The molecule has 9 heteroatoms. The van der Waals surface area contributed by atoms with Crippen LogP contribution in [0.15, 0.2) is 0 Å². The third kappa shape index (κ3) is 3.26. The van der Waals surface area contributed by atoms with Crippen LogP contribution in [0.3, 0.4) is 0 Å². The van der Waals surface area contributed by atoms with Crippen molar-refractivity contribution in [2.75, 3.05) is 31.0 Å². The van der Waals surface area contributed by atoms with Crippen molar-refractivity contribution in [2.24, 2.45) is 5.92 Å². The van der Waals surface area contributed by atoms with Crippen LogP contribution in [-0.4, -0.2) is 71.6 Å². The molecule has 0 radical (unpaired) electrons. The number of aliphatic carboxylic acids is 1. The number of carboxylic acids is 1. The Hall–Kier alpha value is -0.800. The van der Waals surface area contributed by atoms with Crippen LogP contribution in [-0.2, 0) is 19.6 Å². The second kappa shape index (κ2) is 5.90. The van der Waals surface area contributed by atoms with E-state index in [1.165, 1.54) is 21.0 Å². The Morgan fingerprint density at radius 3 is 2.65 bits per heavy atom. The molecule has 2 atom stereocenters. The zero-order chi connectivity index (χ0) is 14.9. The Balaban J connectivity index is 2.07. The first kappa shape index (κ1) is 15.6. The summed E-state index contributed by atoms with van der Waals surface area (Å²) in [4.78, 5) is 24.9. The highest BCUT2D eigenvalue weighted by molar-refractivity contribution is 7.99. The summed E-state index contributed by atoms with van der Waals surface area (Å²) in [7, 11) is -3.30. The summed E-state index contributed by atoms with van der Waals surface area (Å²) in [6.07, 6.45) is 2.37. The molecule has 2 aliphatic heterocycles. The number of hydrogen-bond donors (Lipinski definition) is 1. The van der Waals surface area contributed by atoms with E-state index in [1.54, 1.807) is 0 Å². The molecule has 0 aromatic heterocycles. The van der Waals surface area contributed by atoms with E-state index in [9.17, 15) is 18.0 Å². The summed E-state index contributed by atoms with van der Waals surface area (Å²) in [5.74, 6) is -0.914.